The standard InChI is InChI=1S/C23H23F3N4O/c1-14-6-8-19(9-7-14)29-21-20(15(2)27)11-17(22(31)30-21)13-28-12-16-4-3-5-18(10-16)23(24,25)26/h3-11,27-28H,12-13H2,1-2H3,(H2,29,30,31). The number of nitrogens with one attached hydrogen (secondary N) is 4. The Balaban J connectivity index is 1.75. The van der Waals surface area contributed by atoms with Crippen LogP contribution in [0.4, 0.5) is 24.7 Å². The van der Waals surface area contributed by atoms with Crippen LogP contribution in [0.25, 0.3) is 0 Å². The topological polar surface area (TPSA) is 80.8 Å². The van der Waals surface area contributed by atoms with Crippen LogP contribution < -0.4 is 16.2 Å². The lowest BCUT2D eigenvalue weighted by atomic mass is 10.1. The number of H-pyrrole nitrogens is 1. The Kier molecular flexibility index (Phi) is 6.60. The number of hydrogen-bond acceptors (Lipinski definition) is 4. The van der Waals surface area contributed by atoms with E-state index in [1.165, 1.54) is 6.07 Å². The van der Waals surface area contributed by atoms with Crippen molar-refractivity contribution >= 4 is 17.2 Å². The SMILES string of the molecule is CC(=N)c1cc(CNCc2cccc(C(F)(F)F)c2)c(=O)[nH]c1Nc1ccc(C)cc1. The molecule has 0 unspecified atom stereocenters. The maximum absolute atomic E-state index is 12.8. The Labute approximate surface area is 177 Å². The number of anilines is 2. The first kappa shape index (κ1) is 22.3. The lowest BCUT2D eigenvalue weighted by Gasteiger charge is -2.14. The van der Waals surface area contributed by atoms with E-state index in [1.807, 2.05) is 31.2 Å². The van der Waals surface area contributed by atoms with Crippen molar-refractivity contribution in [3.05, 3.63) is 92.8 Å². The fraction of sp³-hybridized carbons (Fsp3) is 0.217. The van der Waals surface area contributed by atoms with Crippen molar-refractivity contribution in [2.75, 3.05) is 5.32 Å². The molecule has 1 heterocycles. The van der Waals surface area contributed by atoms with Crippen molar-refractivity contribution < 1.29 is 13.2 Å². The summed E-state index contributed by atoms with van der Waals surface area (Å²) in [6, 6.07) is 14.3. The number of aromatic nitrogens is 1. The van der Waals surface area contributed by atoms with Gasteiger partial charge < -0.3 is 21.0 Å². The maximum atomic E-state index is 12.8. The van der Waals surface area contributed by atoms with Gasteiger partial charge in [0, 0.05) is 35.6 Å². The Morgan fingerprint density at radius 1 is 1.06 bits per heavy atom. The van der Waals surface area contributed by atoms with E-state index in [2.05, 4.69) is 15.6 Å². The number of halogens is 3. The van der Waals surface area contributed by atoms with Gasteiger partial charge in [-0.1, -0.05) is 35.9 Å². The van der Waals surface area contributed by atoms with Gasteiger partial charge in [0.2, 0.25) is 0 Å². The molecule has 0 aliphatic rings. The molecule has 2 aromatic carbocycles. The molecular formula is C23H23F3N4O. The average Bonchev–Trinajstić information content (AvgIpc) is 2.70. The van der Waals surface area contributed by atoms with E-state index in [0.717, 1.165) is 23.4 Å². The molecule has 3 aromatic rings. The first-order valence-corrected chi connectivity index (χ1v) is 9.66. The highest BCUT2D eigenvalue weighted by Crippen LogP contribution is 2.29. The lowest BCUT2D eigenvalue weighted by molar-refractivity contribution is -0.137. The van der Waals surface area contributed by atoms with Crippen LogP contribution in [0.2, 0.25) is 0 Å². The minimum atomic E-state index is -4.40. The van der Waals surface area contributed by atoms with Gasteiger partial charge in [-0.25, -0.2) is 0 Å². The van der Waals surface area contributed by atoms with Gasteiger partial charge in [-0.05, 0) is 43.7 Å². The highest BCUT2D eigenvalue weighted by molar-refractivity contribution is 6.01. The molecule has 0 saturated heterocycles. The van der Waals surface area contributed by atoms with Gasteiger partial charge in [-0.3, -0.25) is 4.79 Å². The second kappa shape index (κ2) is 9.18. The molecule has 4 N–H and O–H groups in total. The fourth-order valence-corrected chi connectivity index (χ4v) is 3.08. The van der Waals surface area contributed by atoms with Gasteiger partial charge in [-0.2, -0.15) is 13.2 Å². The summed E-state index contributed by atoms with van der Waals surface area (Å²) in [5, 5.41) is 14.2. The third-order valence-corrected chi connectivity index (χ3v) is 4.74. The number of benzene rings is 2. The first-order valence-electron chi connectivity index (χ1n) is 9.66. The number of alkyl halides is 3. The molecule has 0 amide bonds. The molecule has 0 spiro atoms. The highest BCUT2D eigenvalue weighted by atomic mass is 19.4. The minimum absolute atomic E-state index is 0.149. The molecule has 162 valence electrons. The van der Waals surface area contributed by atoms with Gasteiger partial charge in [0.1, 0.15) is 5.82 Å². The fourth-order valence-electron chi connectivity index (χ4n) is 3.08. The zero-order valence-electron chi connectivity index (χ0n) is 17.2. The van der Waals surface area contributed by atoms with E-state index in [4.69, 9.17) is 5.41 Å². The molecule has 3 rings (SSSR count). The van der Waals surface area contributed by atoms with E-state index in [1.54, 1.807) is 19.1 Å². The van der Waals surface area contributed by atoms with Crippen LogP contribution >= 0.6 is 0 Å². The number of aryl methyl sites for hydroxylation is 1. The maximum Gasteiger partial charge on any atom is 0.416 e. The number of hydrogen-bond donors (Lipinski definition) is 4. The molecule has 0 aliphatic heterocycles. The molecule has 5 nitrogen and oxygen atoms in total. The molecule has 0 bridgehead atoms. The van der Waals surface area contributed by atoms with Crippen LogP contribution in [0.15, 0.2) is 59.4 Å². The summed E-state index contributed by atoms with van der Waals surface area (Å²) in [6.45, 7) is 3.91. The van der Waals surface area contributed by atoms with Crippen LogP contribution in [-0.2, 0) is 19.3 Å². The smallest absolute Gasteiger partial charge is 0.341 e. The minimum Gasteiger partial charge on any atom is -0.341 e. The summed E-state index contributed by atoms with van der Waals surface area (Å²) in [4.78, 5) is 15.3. The summed E-state index contributed by atoms with van der Waals surface area (Å²) < 4.78 is 38.5. The van der Waals surface area contributed by atoms with Crippen molar-refractivity contribution in [3.63, 3.8) is 0 Å². The van der Waals surface area contributed by atoms with Gasteiger partial charge in [-0.15, -0.1) is 0 Å². The normalized spacial score (nSPS) is 11.4. The van der Waals surface area contributed by atoms with E-state index in [-0.39, 0.29) is 24.4 Å². The zero-order chi connectivity index (χ0) is 22.6. The Morgan fingerprint density at radius 3 is 2.42 bits per heavy atom. The number of aromatic amines is 1. The summed E-state index contributed by atoms with van der Waals surface area (Å²) in [5.74, 6) is 0.419. The Hall–Kier alpha value is -3.39. The van der Waals surface area contributed by atoms with Gasteiger partial charge in [0.25, 0.3) is 5.56 Å². The third-order valence-electron chi connectivity index (χ3n) is 4.74. The average molecular weight is 428 g/mol. The molecule has 31 heavy (non-hydrogen) atoms. The van der Waals surface area contributed by atoms with E-state index in [9.17, 15) is 18.0 Å². The predicted octanol–water partition coefficient (Wildman–Crippen LogP) is 5.12. The van der Waals surface area contributed by atoms with Gasteiger partial charge in [0.15, 0.2) is 0 Å². The second-order valence-electron chi connectivity index (χ2n) is 7.33. The van der Waals surface area contributed by atoms with Gasteiger partial charge in [0.05, 0.1) is 5.56 Å². The van der Waals surface area contributed by atoms with Crippen LogP contribution in [0, 0.1) is 12.3 Å². The molecule has 8 heteroatoms. The van der Waals surface area contributed by atoms with Gasteiger partial charge >= 0.3 is 6.18 Å². The van der Waals surface area contributed by atoms with Crippen LogP contribution in [-0.4, -0.2) is 10.7 Å². The van der Waals surface area contributed by atoms with E-state index < -0.39 is 11.7 Å². The van der Waals surface area contributed by atoms with Crippen LogP contribution in [0.3, 0.4) is 0 Å². The molecule has 1 aromatic heterocycles. The van der Waals surface area contributed by atoms with Crippen molar-refractivity contribution in [1.82, 2.24) is 10.3 Å². The first-order chi connectivity index (χ1) is 14.6. The van der Waals surface area contributed by atoms with Crippen molar-refractivity contribution in [2.24, 2.45) is 0 Å². The number of pyridine rings is 1. The summed E-state index contributed by atoms with van der Waals surface area (Å²) in [5.41, 5.74) is 2.49. The van der Waals surface area contributed by atoms with Crippen molar-refractivity contribution in [3.8, 4) is 0 Å². The Bertz CT molecular complexity index is 1130. The molecule has 0 radical (unpaired) electrons. The number of rotatable bonds is 7. The summed E-state index contributed by atoms with van der Waals surface area (Å²) in [6.07, 6.45) is -4.40. The highest BCUT2D eigenvalue weighted by Gasteiger charge is 2.30. The van der Waals surface area contributed by atoms with E-state index >= 15 is 0 Å². The largest absolute Gasteiger partial charge is 0.416 e. The molecule has 0 atom stereocenters. The Morgan fingerprint density at radius 2 is 1.77 bits per heavy atom. The van der Waals surface area contributed by atoms with E-state index in [0.29, 0.717) is 22.5 Å². The molecule has 0 saturated carbocycles. The van der Waals surface area contributed by atoms with Crippen LogP contribution in [0.1, 0.15) is 34.7 Å². The van der Waals surface area contributed by atoms with Crippen LogP contribution in [0.5, 0.6) is 0 Å². The molecular weight excluding hydrogens is 405 g/mol. The molecule has 0 aliphatic carbocycles. The second-order valence-corrected chi connectivity index (χ2v) is 7.33. The quantitative estimate of drug-likeness (QED) is 0.394. The summed E-state index contributed by atoms with van der Waals surface area (Å²) in [7, 11) is 0. The predicted molar refractivity (Wildman–Crippen MR) is 116 cm³/mol. The lowest BCUT2D eigenvalue weighted by Crippen LogP contribution is -2.23. The molecule has 0 fully saturated rings. The zero-order valence-corrected chi connectivity index (χ0v) is 17.2. The summed E-state index contributed by atoms with van der Waals surface area (Å²) >= 11 is 0. The third kappa shape index (κ3) is 5.82. The van der Waals surface area contributed by atoms with Crippen molar-refractivity contribution in [1.29, 1.82) is 5.41 Å². The van der Waals surface area contributed by atoms with Crippen molar-refractivity contribution in [2.45, 2.75) is 33.1 Å². The monoisotopic (exact) mass is 428 g/mol.